The molecule has 96 valence electrons. The summed E-state index contributed by atoms with van der Waals surface area (Å²) in [6.45, 7) is 0. The third kappa shape index (κ3) is 2.20. The molecule has 0 spiro atoms. The highest BCUT2D eigenvalue weighted by Crippen LogP contribution is 2.18. The number of nitrogens with zero attached hydrogens (tertiary/aromatic N) is 1. The summed E-state index contributed by atoms with van der Waals surface area (Å²) in [5.74, 6) is 0.109. The first-order valence-corrected chi connectivity index (χ1v) is 6.11. The smallest absolute Gasteiger partial charge is 0.262 e. The molecule has 0 fully saturated rings. The predicted molar refractivity (Wildman–Crippen MR) is 75.4 cm³/mol. The molecule has 0 aliphatic rings. The molecule has 3 rings (SSSR count). The molecular formula is C13H11ClN4O. The van der Waals surface area contributed by atoms with E-state index >= 15 is 0 Å². The molecule has 0 aliphatic carbocycles. The zero-order valence-electron chi connectivity index (χ0n) is 9.90. The van der Waals surface area contributed by atoms with Gasteiger partial charge in [0.25, 0.3) is 5.56 Å². The molecule has 2 heterocycles. The number of rotatable bonds is 2. The molecule has 0 radical (unpaired) electrons. The standard InChI is InChI=1S/C13H11ClN4O/c14-9-3-1-7(2-4-9)5-8-6-16-11-10(8)12(19)18-13(15)17-11/h1-4,6H,5H2,(H4,15,16,17,18,19). The Kier molecular flexibility index (Phi) is 2.76. The summed E-state index contributed by atoms with van der Waals surface area (Å²) in [6.07, 6.45) is 2.41. The monoisotopic (exact) mass is 274 g/mol. The lowest BCUT2D eigenvalue weighted by Gasteiger charge is -2.00. The summed E-state index contributed by atoms with van der Waals surface area (Å²) >= 11 is 5.85. The quantitative estimate of drug-likeness (QED) is 0.668. The summed E-state index contributed by atoms with van der Waals surface area (Å²) in [5.41, 5.74) is 7.73. The Balaban J connectivity index is 2.06. The van der Waals surface area contributed by atoms with Gasteiger partial charge in [0.2, 0.25) is 5.95 Å². The maximum Gasteiger partial charge on any atom is 0.262 e. The van der Waals surface area contributed by atoms with Crippen LogP contribution < -0.4 is 11.3 Å². The van der Waals surface area contributed by atoms with E-state index in [0.29, 0.717) is 22.5 Å². The van der Waals surface area contributed by atoms with Gasteiger partial charge in [0.1, 0.15) is 5.65 Å². The average molecular weight is 275 g/mol. The SMILES string of the molecule is Nc1nc2[nH]cc(Cc3ccc(Cl)cc3)c2c(=O)[nH]1. The van der Waals surface area contributed by atoms with E-state index in [1.54, 1.807) is 6.20 Å². The van der Waals surface area contributed by atoms with Gasteiger partial charge in [-0.3, -0.25) is 9.78 Å². The van der Waals surface area contributed by atoms with Gasteiger partial charge >= 0.3 is 0 Å². The predicted octanol–water partition coefficient (Wildman–Crippen LogP) is 2.08. The van der Waals surface area contributed by atoms with Gasteiger partial charge in [-0.15, -0.1) is 0 Å². The Bertz CT molecular complexity index is 789. The topological polar surface area (TPSA) is 87.6 Å². The number of nitrogen functional groups attached to an aromatic ring is 1. The Morgan fingerprint density at radius 1 is 1.26 bits per heavy atom. The van der Waals surface area contributed by atoms with E-state index in [0.717, 1.165) is 11.1 Å². The third-order valence-electron chi connectivity index (χ3n) is 2.95. The third-order valence-corrected chi connectivity index (χ3v) is 3.20. The maximum absolute atomic E-state index is 11.9. The highest BCUT2D eigenvalue weighted by atomic mass is 35.5. The molecule has 0 aliphatic heterocycles. The molecule has 2 aromatic heterocycles. The number of benzene rings is 1. The van der Waals surface area contributed by atoms with E-state index < -0.39 is 0 Å². The number of hydrogen-bond donors (Lipinski definition) is 3. The van der Waals surface area contributed by atoms with Crippen LogP contribution in [0.2, 0.25) is 5.02 Å². The van der Waals surface area contributed by atoms with Crippen LogP contribution in [0.1, 0.15) is 11.1 Å². The first-order chi connectivity index (χ1) is 9.13. The highest BCUT2D eigenvalue weighted by molar-refractivity contribution is 6.30. The minimum absolute atomic E-state index is 0.109. The van der Waals surface area contributed by atoms with E-state index in [-0.39, 0.29) is 11.5 Å². The normalized spacial score (nSPS) is 11.0. The van der Waals surface area contributed by atoms with Crippen LogP contribution in [0.4, 0.5) is 5.95 Å². The fourth-order valence-corrected chi connectivity index (χ4v) is 2.21. The number of aromatic amines is 2. The van der Waals surface area contributed by atoms with Gasteiger partial charge in [0.05, 0.1) is 5.39 Å². The lowest BCUT2D eigenvalue weighted by atomic mass is 10.1. The van der Waals surface area contributed by atoms with Gasteiger partial charge in [-0.2, -0.15) is 4.98 Å². The van der Waals surface area contributed by atoms with Crippen molar-refractivity contribution in [3.63, 3.8) is 0 Å². The van der Waals surface area contributed by atoms with Crippen molar-refractivity contribution >= 4 is 28.6 Å². The number of halogens is 1. The second-order valence-electron chi connectivity index (χ2n) is 4.29. The fraction of sp³-hybridized carbons (Fsp3) is 0.0769. The number of hydrogen-bond acceptors (Lipinski definition) is 3. The second kappa shape index (κ2) is 4.44. The first-order valence-electron chi connectivity index (χ1n) is 5.73. The van der Waals surface area contributed by atoms with Gasteiger partial charge in [-0.05, 0) is 29.7 Å². The second-order valence-corrected chi connectivity index (χ2v) is 4.73. The molecule has 0 amide bonds. The summed E-state index contributed by atoms with van der Waals surface area (Å²) < 4.78 is 0. The van der Waals surface area contributed by atoms with Gasteiger partial charge in [-0.25, -0.2) is 0 Å². The van der Waals surface area contributed by atoms with E-state index in [1.807, 2.05) is 24.3 Å². The van der Waals surface area contributed by atoms with Crippen molar-refractivity contribution in [2.45, 2.75) is 6.42 Å². The summed E-state index contributed by atoms with van der Waals surface area (Å²) in [7, 11) is 0. The molecule has 1 aromatic carbocycles. The summed E-state index contributed by atoms with van der Waals surface area (Å²) in [5, 5.41) is 1.24. The molecule has 0 unspecified atom stereocenters. The fourth-order valence-electron chi connectivity index (χ4n) is 2.08. The van der Waals surface area contributed by atoms with Crippen LogP contribution in [0.15, 0.2) is 35.3 Å². The van der Waals surface area contributed by atoms with E-state index in [2.05, 4.69) is 15.0 Å². The molecule has 0 saturated carbocycles. The summed E-state index contributed by atoms with van der Waals surface area (Å²) in [6, 6.07) is 7.51. The first kappa shape index (κ1) is 11.8. The molecule has 6 heteroatoms. The largest absolute Gasteiger partial charge is 0.369 e. The molecule has 5 nitrogen and oxygen atoms in total. The van der Waals surface area contributed by atoms with Crippen LogP contribution in [0.3, 0.4) is 0 Å². The van der Waals surface area contributed by atoms with E-state index in [9.17, 15) is 4.79 Å². The number of nitrogens with one attached hydrogen (secondary N) is 2. The van der Waals surface area contributed by atoms with Gasteiger partial charge < -0.3 is 10.7 Å². The van der Waals surface area contributed by atoms with E-state index in [1.165, 1.54) is 0 Å². The molecule has 0 bridgehead atoms. The van der Waals surface area contributed by atoms with Crippen LogP contribution in [0, 0.1) is 0 Å². The van der Waals surface area contributed by atoms with E-state index in [4.69, 9.17) is 17.3 Å². The van der Waals surface area contributed by atoms with Crippen LogP contribution in [-0.4, -0.2) is 15.0 Å². The number of nitrogens with two attached hydrogens (primary N) is 1. The summed E-state index contributed by atoms with van der Waals surface area (Å²) in [4.78, 5) is 21.4. The van der Waals surface area contributed by atoms with Crippen molar-refractivity contribution in [2.24, 2.45) is 0 Å². The van der Waals surface area contributed by atoms with Crippen molar-refractivity contribution in [1.82, 2.24) is 15.0 Å². The van der Waals surface area contributed by atoms with Crippen molar-refractivity contribution in [2.75, 3.05) is 5.73 Å². The van der Waals surface area contributed by atoms with Crippen LogP contribution in [0.25, 0.3) is 11.0 Å². The lowest BCUT2D eigenvalue weighted by Crippen LogP contribution is -2.11. The van der Waals surface area contributed by atoms with Crippen LogP contribution >= 0.6 is 11.6 Å². The van der Waals surface area contributed by atoms with Crippen molar-refractivity contribution in [3.8, 4) is 0 Å². The van der Waals surface area contributed by atoms with Crippen molar-refractivity contribution in [1.29, 1.82) is 0 Å². The minimum atomic E-state index is -0.229. The average Bonchev–Trinajstić information content (AvgIpc) is 2.75. The number of fused-ring (bicyclic) bond motifs is 1. The highest BCUT2D eigenvalue weighted by Gasteiger charge is 2.10. The van der Waals surface area contributed by atoms with Crippen molar-refractivity contribution in [3.05, 3.63) is 57.0 Å². The molecule has 3 aromatic rings. The van der Waals surface area contributed by atoms with Crippen LogP contribution in [-0.2, 0) is 6.42 Å². The Hall–Kier alpha value is -2.27. The molecule has 19 heavy (non-hydrogen) atoms. The molecule has 0 saturated heterocycles. The van der Waals surface area contributed by atoms with Gasteiger partial charge in [0.15, 0.2) is 0 Å². The van der Waals surface area contributed by atoms with Gasteiger partial charge in [0, 0.05) is 11.2 Å². The Morgan fingerprint density at radius 3 is 2.74 bits per heavy atom. The number of anilines is 1. The maximum atomic E-state index is 11.9. The number of aromatic nitrogens is 3. The minimum Gasteiger partial charge on any atom is -0.369 e. The van der Waals surface area contributed by atoms with Gasteiger partial charge in [-0.1, -0.05) is 23.7 Å². The zero-order chi connectivity index (χ0) is 13.4. The lowest BCUT2D eigenvalue weighted by molar-refractivity contribution is 1.17. The number of H-pyrrole nitrogens is 2. The van der Waals surface area contributed by atoms with Crippen LogP contribution in [0.5, 0.6) is 0 Å². The molecule has 0 atom stereocenters. The zero-order valence-corrected chi connectivity index (χ0v) is 10.7. The molecule has 4 N–H and O–H groups in total. The Morgan fingerprint density at radius 2 is 2.00 bits per heavy atom. The van der Waals surface area contributed by atoms with Crippen molar-refractivity contribution < 1.29 is 0 Å². The Labute approximate surface area is 113 Å². The molecular weight excluding hydrogens is 264 g/mol.